The van der Waals surface area contributed by atoms with Gasteiger partial charge in [-0.2, -0.15) is 0 Å². The normalized spacial score (nSPS) is 11.3. The second-order valence-electron chi connectivity index (χ2n) is 15.1. The Morgan fingerprint density at radius 1 is 0.217 bits per heavy atom. The summed E-state index contributed by atoms with van der Waals surface area (Å²) in [7, 11) is 0. The first kappa shape index (κ1) is 35.1. The van der Waals surface area contributed by atoms with Gasteiger partial charge < -0.3 is 0 Å². The van der Waals surface area contributed by atoms with Crippen LogP contribution in [0.3, 0.4) is 0 Å². The molecule has 0 saturated carbocycles. The lowest BCUT2D eigenvalue weighted by Gasteiger charge is -2.14. The molecule has 11 rings (SSSR count). The summed E-state index contributed by atoms with van der Waals surface area (Å²) in [5, 5.41) is 7.39. The maximum atomic E-state index is 4.99. The topological polar surface area (TPSA) is 51.6 Å². The summed E-state index contributed by atoms with van der Waals surface area (Å²) < 4.78 is 0. The summed E-state index contributed by atoms with van der Waals surface area (Å²) in [5.74, 6) is 0. The van der Waals surface area contributed by atoms with Crippen LogP contribution in [0.25, 0.3) is 111 Å². The van der Waals surface area contributed by atoms with Gasteiger partial charge in [0.2, 0.25) is 0 Å². The van der Waals surface area contributed by atoms with Crippen molar-refractivity contribution in [3.63, 3.8) is 0 Å². The van der Waals surface area contributed by atoms with Crippen molar-refractivity contribution in [2.75, 3.05) is 0 Å². The van der Waals surface area contributed by atoms with Gasteiger partial charge >= 0.3 is 0 Å². The van der Waals surface area contributed by atoms with Crippen molar-refractivity contribution in [1.29, 1.82) is 0 Å². The van der Waals surface area contributed by atoms with Crippen molar-refractivity contribution < 1.29 is 0 Å². The third-order valence-electron chi connectivity index (χ3n) is 11.4. The highest BCUT2D eigenvalue weighted by Gasteiger charge is 2.14. The first-order chi connectivity index (χ1) is 29.7. The van der Waals surface area contributed by atoms with E-state index >= 15 is 0 Å². The summed E-state index contributed by atoms with van der Waals surface area (Å²) in [6.45, 7) is 0. The van der Waals surface area contributed by atoms with Gasteiger partial charge in [0.15, 0.2) is 0 Å². The molecule has 0 atom stereocenters. The molecular formula is C56H36N4. The van der Waals surface area contributed by atoms with E-state index in [-0.39, 0.29) is 0 Å². The average Bonchev–Trinajstić information content (AvgIpc) is 3.34. The maximum Gasteiger partial charge on any atom is 0.0900 e. The van der Waals surface area contributed by atoms with Crippen molar-refractivity contribution in [2.24, 2.45) is 0 Å². The Morgan fingerprint density at radius 2 is 0.683 bits per heavy atom. The maximum absolute atomic E-state index is 4.99. The molecule has 280 valence electrons. The molecule has 0 spiro atoms. The standard InChI is InChI=1S/C56H36N4/c1-2-12-37(13-3-1)38-14-11-17-43(31-38)52-27-24-44(36-59-52)42-23-26-49-48-25-22-41(32-50(48)46-18-4-5-19-47(46)51(49)33-42)39-15-10-16-40(30-39)45-34-55(53-20-6-8-28-57-53)60-56(35-45)54-21-7-9-29-58-54/h1-36H. The average molecular weight is 765 g/mol. The van der Waals surface area contributed by atoms with E-state index in [9.17, 15) is 0 Å². The van der Waals surface area contributed by atoms with Gasteiger partial charge in [0.05, 0.1) is 28.5 Å². The molecule has 0 fully saturated rings. The van der Waals surface area contributed by atoms with Gasteiger partial charge in [-0.3, -0.25) is 15.0 Å². The van der Waals surface area contributed by atoms with E-state index in [2.05, 4.69) is 168 Å². The van der Waals surface area contributed by atoms with Crippen LogP contribution in [-0.4, -0.2) is 19.9 Å². The molecule has 0 N–H and O–H groups in total. The lowest BCUT2D eigenvalue weighted by atomic mass is 9.90. The molecule has 60 heavy (non-hydrogen) atoms. The molecule has 0 aliphatic rings. The molecule has 0 aliphatic carbocycles. The van der Waals surface area contributed by atoms with E-state index in [4.69, 9.17) is 9.97 Å². The van der Waals surface area contributed by atoms with Crippen LogP contribution in [-0.2, 0) is 0 Å². The van der Waals surface area contributed by atoms with Gasteiger partial charge in [0, 0.05) is 29.7 Å². The molecular weight excluding hydrogens is 729 g/mol. The Morgan fingerprint density at radius 3 is 1.27 bits per heavy atom. The van der Waals surface area contributed by atoms with Crippen LogP contribution < -0.4 is 0 Å². The summed E-state index contributed by atoms with van der Waals surface area (Å²) in [4.78, 5) is 19.2. The van der Waals surface area contributed by atoms with E-state index in [1.54, 1.807) is 12.4 Å². The fraction of sp³-hybridized carbons (Fsp3) is 0. The molecule has 0 bridgehead atoms. The number of aromatic nitrogens is 4. The lowest BCUT2D eigenvalue weighted by Crippen LogP contribution is -1.94. The molecule has 11 aromatic rings. The molecule has 4 heterocycles. The van der Waals surface area contributed by atoms with Crippen molar-refractivity contribution >= 4 is 32.3 Å². The second kappa shape index (κ2) is 15.0. The number of pyridine rings is 4. The smallest absolute Gasteiger partial charge is 0.0900 e. The number of fused-ring (bicyclic) bond motifs is 6. The first-order valence-corrected chi connectivity index (χ1v) is 20.2. The van der Waals surface area contributed by atoms with Gasteiger partial charge in [0.25, 0.3) is 0 Å². The number of hydrogen-bond donors (Lipinski definition) is 0. The fourth-order valence-electron chi connectivity index (χ4n) is 8.41. The zero-order valence-electron chi connectivity index (χ0n) is 32.6. The van der Waals surface area contributed by atoms with Crippen LogP contribution in [0.4, 0.5) is 0 Å². The van der Waals surface area contributed by atoms with E-state index in [1.165, 1.54) is 43.4 Å². The molecule has 4 aromatic heterocycles. The third-order valence-corrected chi connectivity index (χ3v) is 11.4. The predicted molar refractivity (Wildman–Crippen MR) is 248 cm³/mol. The van der Waals surface area contributed by atoms with Gasteiger partial charge in [-0.05, 0) is 138 Å². The van der Waals surface area contributed by atoms with Crippen molar-refractivity contribution in [1.82, 2.24) is 19.9 Å². The van der Waals surface area contributed by atoms with Crippen LogP contribution in [0.15, 0.2) is 219 Å². The minimum Gasteiger partial charge on any atom is -0.256 e. The second-order valence-corrected chi connectivity index (χ2v) is 15.1. The van der Waals surface area contributed by atoms with E-state index in [0.717, 1.165) is 67.4 Å². The Balaban J connectivity index is 0.960. The van der Waals surface area contributed by atoms with Crippen LogP contribution in [0.5, 0.6) is 0 Å². The first-order valence-electron chi connectivity index (χ1n) is 20.2. The Kier molecular flexibility index (Phi) is 8.79. The summed E-state index contributed by atoms with van der Waals surface area (Å²) >= 11 is 0. The van der Waals surface area contributed by atoms with Gasteiger partial charge in [0.1, 0.15) is 0 Å². The van der Waals surface area contributed by atoms with E-state index in [0.29, 0.717) is 0 Å². The van der Waals surface area contributed by atoms with Crippen molar-refractivity contribution in [2.45, 2.75) is 0 Å². The van der Waals surface area contributed by atoms with Crippen molar-refractivity contribution in [3.05, 3.63) is 219 Å². The highest BCUT2D eigenvalue weighted by atomic mass is 14.8. The molecule has 0 radical (unpaired) electrons. The van der Waals surface area contributed by atoms with Crippen LogP contribution >= 0.6 is 0 Å². The van der Waals surface area contributed by atoms with Crippen LogP contribution in [0.1, 0.15) is 0 Å². The fourth-order valence-corrected chi connectivity index (χ4v) is 8.41. The molecule has 0 unspecified atom stereocenters. The summed E-state index contributed by atoms with van der Waals surface area (Å²) in [6.07, 6.45) is 5.61. The van der Waals surface area contributed by atoms with Gasteiger partial charge in [-0.1, -0.05) is 133 Å². The monoisotopic (exact) mass is 764 g/mol. The molecule has 0 aliphatic heterocycles. The summed E-state index contributed by atoms with van der Waals surface area (Å²) in [6, 6.07) is 70.7. The molecule has 7 aromatic carbocycles. The number of nitrogens with zero attached hydrogens (tertiary/aromatic N) is 4. The third kappa shape index (κ3) is 6.56. The zero-order chi connectivity index (χ0) is 39.8. The van der Waals surface area contributed by atoms with Gasteiger partial charge in [-0.25, -0.2) is 4.98 Å². The van der Waals surface area contributed by atoms with E-state index < -0.39 is 0 Å². The zero-order valence-corrected chi connectivity index (χ0v) is 32.6. The number of rotatable bonds is 7. The number of hydrogen-bond acceptors (Lipinski definition) is 4. The minimum absolute atomic E-state index is 0.810. The molecule has 0 saturated heterocycles. The van der Waals surface area contributed by atoms with E-state index in [1.807, 2.05) is 48.7 Å². The predicted octanol–water partition coefficient (Wildman–Crippen LogP) is 14.4. The molecule has 0 amide bonds. The minimum atomic E-state index is 0.810. The lowest BCUT2D eigenvalue weighted by molar-refractivity contribution is 1.22. The van der Waals surface area contributed by atoms with Gasteiger partial charge in [-0.15, -0.1) is 0 Å². The highest BCUT2D eigenvalue weighted by molar-refractivity contribution is 6.26. The van der Waals surface area contributed by atoms with Crippen LogP contribution in [0, 0.1) is 0 Å². The Bertz CT molecular complexity index is 3270. The quantitative estimate of drug-likeness (QED) is 0.152. The SMILES string of the molecule is c1ccc(-c2cccc(-c3ccc(-c4ccc5c6ccc(-c7cccc(-c8cc(-c9ccccn9)nc(-c9ccccn9)c8)c7)cc6c6ccccc6c5c4)cn3)c2)cc1. The Labute approximate surface area is 348 Å². The molecule has 4 nitrogen and oxygen atoms in total. The Hall–Kier alpha value is -8.08. The molecule has 4 heteroatoms. The van der Waals surface area contributed by atoms with Crippen LogP contribution in [0.2, 0.25) is 0 Å². The summed E-state index contributed by atoms with van der Waals surface area (Å²) in [5.41, 5.74) is 14.4. The van der Waals surface area contributed by atoms with Crippen molar-refractivity contribution in [3.8, 4) is 78.5 Å². The largest absolute Gasteiger partial charge is 0.256 e. The highest BCUT2D eigenvalue weighted by Crippen LogP contribution is 2.40. The number of benzene rings is 7.